The van der Waals surface area contributed by atoms with Crippen LogP contribution < -0.4 is 10.1 Å². The summed E-state index contributed by atoms with van der Waals surface area (Å²) >= 11 is 1.75. The van der Waals surface area contributed by atoms with E-state index in [0.29, 0.717) is 17.1 Å². The number of carboxylic acids is 1. The van der Waals surface area contributed by atoms with Crippen molar-refractivity contribution in [2.75, 3.05) is 49.7 Å². The highest BCUT2D eigenvalue weighted by Gasteiger charge is 2.14. The summed E-state index contributed by atoms with van der Waals surface area (Å²) in [5.74, 6) is 2.76. The molecule has 1 saturated heterocycles. The fraction of sp³-hybridized carbons (Fsp3) is 0.258. The number of fused-ring (bicyclic) bond motifs is 1. The molecule has 1 aromatic heterocycles. The van der Waals surface area contributed by atoms with E-state index in [1.807, 2.05) is 66.7 Å². The molecule has 9 heteroatoms. The van der Waals surface area contributed by atoms with Gasteiger partial charge in [-0.15, -0.1) is 0 Å². The predicted octanol–water partition coefficient (Wildman–Crippen LogP) is 6.09. The summed E-state index contributed by atoms with van der Waals surface area (Å²) in [4.78, 5) is 23.4. The molecule has 1 aliphatic heterocycles. The largest absolute Gasteiger partial charge is 0.478 e. The van der Waals surface area contributed by atoms with Gasteiger partial charge in [0.2, 0.25) is 0 Å². The number of benzene rings is 3. The lowest BCUT2D eigenvalue weighted by molar-refractivity contribution is -0.130. The number of carbonyl (C=O) groups is 1. The van der Waals surface area contributed by atoms with E-state index in [4.69, 9.17) is 9.47 Å². The Kier molecular flexibility index (Phi) is 9.63. The van der Waals surface area contributed by atoms with Crippen LogP contribution in [0.15, 0.2) is 85.2 Å². The molecule has 0 unspecified atom stereocenters. The minimum absolute atomic E-state index is 0.278. The Labute approximate surface area is 238 Å². The van der Waals surface area contributed by atoms with Crippen LogP contribution in [-0.2, 0) is 9.53 Å². The van der Waals surface area contributed by atoms with Gasteiger partial charge in [-0.1, -0.05) is 30.3 Å². The minimum atomic E-state index is -0.950. The van der Waals surface area contributed by atoms with Crippen molar-refractivity contribution in [3.8, 4) is 11.5 Å². The second kappa shape index (κ2) is 13.9. The quantitative estimate of drug-likeness (QED) is 0.159. The number of hydrogen-bond acceptors (Lipinski definition) is 8. The molecule has 4 aromatic rings. The summed E-state index contributed by atoms with van der Waals surface area (Å²) in [6.45, 7) is 4.65. The number of para-hydroxylation sites is 1. The first-order chi connectivity index (χ1) is 19.7. The minimum Gasteiger partial charge on any atom is -0.478 e. The van der Waals surface area contributed by atoms with Crippen molar-refractivity contribution >= 4 is 45.7 Å². The second-order valence-corrected chi connectivity index (χ2v) is 10.5. The Morgan fingerprint density at radius 2 is 1.80 bits per heavy atom. The van der Waals surface area contributed by atoms with Crippen LogP contribution in [0, 0.1) is 0 Å². The van der Waals surface area contributed by atoms with E-state index in [-0.39, 0.29) is 5.57 Å². The summed E-state index contributed by atoms with van der Waals surface area (Å²) in [6, 6.07) is 22.7. The molecule has 0 spiro atoms. The molecular weight excluding hydrogens is 524 g/mol. The summed E-state index contributed by atoms with van der Waals surface area (Å²) < 4.78 is 11.3. The van der Waals surface area contributed by atoms with Gasteiger partial charge >= 0.3 is 5.97 Å². The van der Waals surface area contributed by atoms with Gasteiger partial charge in [-0.25, -0.2) is 14.8 Å². The Morgan fingerprint density at radius 3 is 2.58 bits per heavy atom. The highest BCUT2D eigenvalue weighted by molar-refractivity contribution is 7.99. The Hall–Kier alpha value is -3.92. The fourth-order valence-electron chi connectivity index (χ4n) is 4.46. The molecule has 3 aromatic carbocycles. The SMILES string of the molecule is O=C(O)/C(=C/CSCCCN1CCOCC1)c1ccc2ncnc(Nc3ccc(Oc4ccccc4)cc3)c2c1. The van der Waals surface area contributed by atoms with Gasteiger partial charge in [-0.3, -0.25) is 4.90 Å². The fourth-order valence-corrected chi connectivity index (χ4v) is 5.25. The van der Waals surface area contributed by atoms with Crippen molar-refractivity contribution in [2.24, 2.45) is 0 Å². The molecule has 2 N–H and O–H groups in total. The molecule has 8 nitrogen and oxygen atoms in total. The number of thioether (sulfide) groups is 1. The third-order valence-electron chi connectivity index (χ3n) is 6.54. The van der Waals surface area contributed by atoms with E-state index in [2.05, 4.69) is 20.2 Å². The Bertz CT molecular complexity index is 1440. The average Bonchev–Trinajstić information content (AvgIpc) is 2.99. The molecule has 1 aliphatic rings. The number of rotatable bonds is 12. The maximum absolute atomic E-state index is 12.1. The Balaban J connectivity index is 1.24. The lowest BCUT2D eigenvalue weighted by Crippen LogP contribution is -2.36. The number of ether oxygens (including phenoxy) is 2. The van der Waals surface area contributed by atoms with Gasteiger partial charge in [-0.2, -0.15) is 11.8 Å². The number of morpholine rings is 1. The summed E-state index contributed by atoms with van der Waals surface area (Å²) in [6.07, 6.45) is 4.37. The molecule has 0 radical (unpaired) electrons. The number of anilines is 2. The molecule has 40 heavy (non-hydrogen) atoms. The van der Waals surface area contributed by atoms with E-state index in [9.17, 15) is 9.90 Å². The second-order valence-electron chi connectivity index (χ2n) is 9.32. The van der Waals surface area contributed by atoms with Crippen molar-refractivity contribution < 1.29 is 19.4 Å². The molecule has 0 bridgehead atoms. The molecule has 1 fully saturated rings. The topological polar surface area (TPSA) is 96.8 Å². The highest BCUT2D eigenvalue weighted by atomic mass is 32.2. The smallest absolute Gasteiger partial charge is 0.335 e. The summed E-state index contributed by atoms with van der Waals surface area (Å²) in [7, 11) is 0. The van der Waals surface area contributed by atoms with Gasteiger partial charge in [0.1, 0.15) is 23.6 Å². The Morgan fingerprint density at radius 1 is 1.02 bits per heavy atom. The third-order valence-corrected chi connectivity index (χ3v) is 7.52. The van der Waals surface area contributed by atoms with Crippen LogP contribution in [0.5, 0.6) is 11.5 Å². The first-order valence-electron chi connectivity index (χ1n) is 13.3. The standard InChI is InChI=1S/C31H32N4O4S/c36-31(37)27(13-20-40-19-4-14-35-15-17-38-18-16-35)23-7-12-29-28(21-23)30(33-22-32-29)34-24-8-10-26(11-9-24)39-25-5-2-1-3-6-25/h1-3,5-13,21-22H,4,14-20H2,(H,36,37)(H,32,33,34)/b27-13+. The van der Waals surface area contributed by atoms with Gasteiger partial charge in [0.05, 0.1) is 24.3 Å². The number of nitrogens with one attached hydrogen (secondary N) is 1. The predicted molar refractivity (Wildman–Crippen MR) is 161 cm³/mol. The number of aliphatic carboxylic acids is 1. The first-order valence-corrected chi connectivity index (χ1v) is 14.5. The van der Waals surface area contributed by atoms with E-state index in [1.165, 1.54) is 6.33 Å². The maximum atomic E-state index is 12.1. The van der Waals surface area contributed by atoms with Crippen LogP contribution in [-0.4, -0.2) is 70.3 Å². The van der Waals surface area contributed by atoms with Crippen LogP contribution >= 0.6 is 11.8 Å². The molecule has 206 valence electrons. The van der Waals surface area contributed by atoms with Gasteiger partial charge in [0.15, 0.2) is 0 Å². The molecule has 2 heterocycles. The number of hydrogen-bond donors (Lipinski definition) is 2. The lowest BCUT2D eigenvalue weighted by atomic mass is 10.0. The van der Waals surface area contributed by atoms with Gasteiger partial charge < -0.3 is 19.9 Å². The number of carboxylic acid groups (broad SMARTS) is 1. The van der Waals surface area contributed by atoms with E-state index < -0.39 is 5.97 Å². The molecule has 0 atom stereocenters. The molecular formula is C31H32N4O4S. The van der Waals surface area contributed by atoms with Crippen molar-refractivity contribution in [3.05, 3.63) is 90.8 Å². The van der Waals surface area contributed by atoms with Crippen LogP contribution in [0.3, 0.4) is 0 Å². The van der Waals surface area contributed by atoms with Crippen molar-refractivity contribution in [2.45, 2.75) is 6.42 Å². The van der Waals surface area contributed by atoms with Gasteiger partial charge in [0.25, 0.3) is 0 Å². The number of aromatic nitrogens is 2. The van der Waals surface area contributed by atoms with Crippen LogP contribution in [0.1, 0.15) is 12.0 Å². The monoisotopic (exact) mass is 556 g/mol. The molecule has 0 amide bonds. The lowest BCUT2D eigenvalue weighted by Gasteiger charge is -2.26. The average molecular weight is 557 g/mol. The van der Waals surface area contributed by atoms with E-state index >= 15 is 0 Å². The number of nitrogens with zero attached hydrogens (tertiary/aromatic N) is 3. The van der Waals surface area contributed by atoms with Crippen LogP contribution in [0.25, 0.3) is 16.5 Å². The molecule has 0 saturated carbocycles. The third kappa shape index (κ3) is 7.59. The zero-order chi connectivity index (χ0) is 27.6. The summed E-state index contributed by atoms with van der Waals surface area (Å²) in [5.41, 5.74) is 2.46. The van der Waals surface area contributed by atoms with E-state index in [0.717, 1.165) is 73.1 Å². The van der Waals surface area contributed by atoms with Crippen molar-refractivity contribution in [1.82, 2.24) is 14.9 Å². The highest BCUT2D eigenvalue weighted by Crippen LogP contribution is 2.29. The van der Waals surface area contributed by atoms with Crippen molar-refractivity contribution in [1.29, 1.82) is 0 Å². The zero-order valence-electron chi connectivity index (χ0n) is 22.2. The van der Waals surface area contributed by atoms with Gasteiger partial charge in [0, 0.05) is 29.9 Å². The molecule has 5 rings (SSSR count). The van der Waals surface area contributed by atoms with Gasteiger partial charge in [-0.05, 0) is 72.8 Å². The van der Waals surface area contributed by atoms with E-state index in [1.54, 1.807) is 23.9 Å². The molecule has 0 aliphatic carbocycles. The normalized spacial score (nSPS) is 14.2. The zero-order valence-corrected chi connectivity index (χ0v) is 23.0. The summed E-state index contributed by atoms with van der Waals surface area (Å²) in [5, 5.41) is 14.0. The van der Waals surface area contributed by atoms with Crippen molar-refractivity contribution in [3.63, 3.8) is 0 Å². The maximum Gasteiger partial charge on any atom is 0.335 e. The first kappa shape index (κ1) is 27.6. The van der Waals surface area contributed by atoms with Crippen LogP contribution in [0.4, 0.5) is 11.5 Å². The van der Waals surface area contributed by atoms with Crippen LogP contribution in [0.2, 0.25) is 0 Å².